The third-order valence-electron chi connectivity index (χ3n) is 6.70. The topological polar surface area (TPSA) is 78.7 Å². The van der Waals surface area contributed by atoms with Crippen molar-refractivity contribution in [2.24, 2.45) is 0 Å². The maximum atomic E-state index is 13.3. The molecule has 182 valence electrons. The quantitative estimate of drug-likeness (QED) is 0.284. The lowest BCUT2D eigenvalue weighted by molar-refractivity contribution is -0.383. The van der Waals surface area contributed by atoms with Gasteiger partial charge in [0.2, 0.25) is 0 Å². The van der Waals surface area contributed by atoms with Crippen molar-refractivity contribution in [3.63, 3.8) is 0 Å². The van der Waals surface area contributed by atoms with Crippen molar-refractivity contribution in [1.29, 1.82) is 0 Å². The Kier molecular flexibility index (Phi) is 6.80. The summed E-state index contributed by atoms with van der Waals surface area (Å²) in [6.07, 6.45) is 0.775. The standard InChI is InChI=1S/C29H28N4O3/c34-29(26-12-6-10-23-9-4-5-11-25(23)26)32-19-17-31(18-20-32)24-13-14-28(33(35)36)27(21-24)30-16-15-22-7-2-1-3-8-22/h1-14,21,30H,15-20H2. The van der Waals surface area contributed by atoms with Crippen LogP contribution in [0.15, 0.2) is 91.0 Å². The van der Waals surface area contributed by atoms with E-state index in [2.05, 4.69) is 10.2 Å². The number of hydrogen-bond acceptors (Lipinski definition) is 5. The number of hydrogen-bond donors (Lipinski definition) is 1. The lowest BCUT2D eigenvalue weighted by atomic mass is 10.0. The van der Waals surface area contributed by atoms with Gasteiger partial charge in [-0.2, -0.15) is 0 Å². The molecule has 7 nitrogen and oxygen atoms in total. The Hall–Kier alpha value is -4.39. The number of nitrogens with zero attached hydrogens (tertiary/aromatic N) is 3. The molecule has 0 saturated carbocycles. The maximum Gasteiger partial charge on any atom is 0.292 e. The van der Waals surface area contributed by atoms with E-state index in [1.807, 2.05) is 83.8 Å². The first-order valence-electron chi connectivity index (χ1n) is 12.2. The van der Waals surface area contributed by atoms with Gasteiger partial charge in [0.05, 0.1) is 4.92 Å². The van der Waals surface area contributed by atoms with Crippen LogP contribution in [-0.2, 0) is 6.42 Å². The van der Waals surface area contributed by atoms with Gasteiger partial charge in [0.1, 0.15) is 5.69 Å². The molecule has 0 unspecified atom stereocenters. The average molecular weight is 481 g/mol. The fourth-order valence-electron chi connectivity index (χ4n) is 4.76. The molecule has 7 heteroatoms. The number of amides is 1. The molecular formula is C29H28N4O3. The maximum absolute atomic E-state index is 13.3. The summed E-state index contributed by atoms with van der Waals surface area (Å²) in [4.78, 5) is 28.6. The summed E-state index contributed by atoms with van der Waals surface area (Å²) >= 11 is 0. The van der Waals surface area contributed by atoms with Crippen LogP contribution in [0.2, 0.25) is 0 Å². The number of carbonyl (C=O) groups excluding carboxylic acids is 1. The Morgan fingerprint density at radius 1 is 0.861 bits per heavy atom. The smallest absolute Gasteiger partial charge is 0.292 e. The third kappa shape index (κ3) is 5.00. The summed E-state index contributed by atoms with van der Waals surface area (Å²) in [5, 5.41) is 16.9. The fraction of sp³-hybridized carbons (Fsp3) is 0.207. The molecule has 36 heavy (non-hydrogen) atoms. The molecule has 1 N–H and O–H groups in total. The Bertz CT molecular complexity index is 1380. The third-order valence-corrected chi connectivity index (χ3v) is 6.70. The van der Waals surface area contributed by atoms with Crippen LogP contribution in [0, 0.1) is 10.1 Å². The van der Waals surface area contributed by atoms with Crippen LogP contribution in [-0.4, -0.2) is 48.5 Å². The lowest BCUT2D eigenvalue weighted by Gasteiger charge is -2.36. The molecule has 0 atom stereocenters. The highest BCUT2D eigenvalue weighted by Gasteiger charge is 2.24. The molecular weight excluding hydrogens is 452 g/mol. The Morgan fingerprint density at radius 2 is 1.58 bits per heavy atom. The lowest BCUT2D eigenvalue weighted by Crippen LogP contribution is -2.48. The first-order chi connectivity index (χ1) is 17.6. The van der Waals surface area contributed by atoms with E-state index in [0.717, 1.165) is 28.4 Å². The van der Waals surface area contributed by atoms with Crippen molar-refractivity contribution < 1.29 is 9.72 Å². The Morgan fingerprint density at radius 3 is 2.36 bits per heavy atom. The highest BCUT2D eigenvalue weighted by Crippen LogP contribution is 2.30. The second kappa shape index (κ2) is 10.5. The summed E-state index contributed by atoms with van der Waals surface area (Å²) in [6.45, 7) is 3.11. The number of carbonyl (C=O) groups is 1. The van der Waals surface area contributed by atoms with Gasteiger partial charge in [-0.1, -0.05) is 66.7 Å². The van der Waals surface area contributed by atoms with Crippen LogP contribution in [0.25, 0.3) is 10.8 Å². The molecule has 0 spiro atoms. The number of nitrogens with one attached hydrogen (secondary N) is 1. The van der Waals surface area contributed by atoms with Crippen LogP contribution in [0.1, 0.15) is 15.9 Å². The molecule has 1 saturated heterocycles. The molecule has 4 aromatic rings. The van der Waals surface area contributed by atoms with Crippen LogP contribution >= 0.6 is 0 Å². The Balaban J connectivity index is 1.26. The molecule has 1 aliphatic rings. The highest BCUT2D eigenvalue weighted by atomic mass is 16.6. The van der Waals surface area contributed by atoms with Gasteiger partial charge in [0.15, 0.2) is 0 Å². The van der Waals surface area contributed by atoms with E-state index in [-0.39, 0.29) is 16.5 Å². The zero-order valence-corrected chi connectivity index (χ0v) is 20.0. The van der Waals surface area contributed by atoms with Crippen molar-refractivity contribution in [3.05, 3.63) is 112 Å². The van der Waals surface area contributed by atoms with Crippen LogP contribution in [0.4, 0.5) is 17.1 Å². The minimum absolute atomic E-state index is 0.0402. The van der Waals surface area contributed by atoms with E-state index < -0.39 is 0 Å². The summed E-state index contributed by atoms with van der Waals surface area (Å²) in [6, 6.07) is 29.0. The van der Waals surface area contributed by atoms with Gasteiger partial charge < -0.3 is 15.1 Å². The number of fused-ring (bicyclic) bond motifs is 1. The summed E-state index contributed by atoms with van der Waals surface area (Å²) in [5.41, 5.74) is 3.40. The van der Waals surface area contributed by atoms with Gasteiger partial charge in [-0.15, -0.1) is 0 Å². The molecule has 0 aromatic heterocycles. The van der Waals surface area contributed by atoms with Crippen LogP contribution in [0.3, 0.4) is 0 Å². The predicted octanol–water partition coefficient (Wildman–Crippen LogP) is 5.37. The van der Waals surface area contributed by atoms with Crippen molar-refractivity contribution >= 4 is 33.7 Å². The summed E-state index contributed by atoms with van der Waals surface area (Å²) in [7, 11) is 0. The number of rotatable bonds is 7. The van der Waals surface area contributed by atoms with Crippen molar-refractivity contribution in [3.8, 4) is 0 Å². The normalized spacial score (nSPS) is 13.6. The molecule has 1 heterocycles. The van der Waals surface area contributed by atoms with Crippen LogP contribution in [0.5, 0.6) is 0 Å². The van der Waals surface area contributed by atoms with Gasteiger partial charge in [0.25, 0.3) is 11.6 Å². The van der Waals surface area contributed by atoms with Crippen molar-refractivity contribution in [2.45, 2.75) is 6.42 Å². The number of piperazine rings is 1. The van der Waals surface area contributed by atoms with Crippen LogP contribution < -0.4 is 10.2 Å². The number of nitro groups is 1. The van der Waals surface area contributed by atoms with Gasteiger partial charge in [-0.3, -0.25) is 14.9 Å². The summed E-state index contributed by atoms with van der Waals surface area (Å²) in [5.74, 6) is 0.0402. The molecule has 4 aromatic carbocycles. The zero-order chi connectivity index (χ0) is 24.9. The SMILES string of the molecule is O=C(c1cccc2ccccc12)N1CCN(c2ccc([N+](=O)[O-])c(NCCc3ccccc3)c2)CC1. The molecule has 1 aliphatic heterocycles. The van der Waals surface area contributed by atoms with Crippen molar-refractivity contribution in [2.75, 3.05) is 42.9 Å². The first kappa shape index (κ1) is 23.4. The molecule has 1 fully saturated rings. The minimum Gasteiger partial charge on any atom is -0.379 e. The Labute approximate surface area is 210 Å². The molecule has 0 radical (unpaired) electrons. The monoisotopic (exact) mass is 480 g/mol. The van der Waals surface area contributed by atoms with E-state index in [9.17, 15) is 14.9 Å². The second-order valence-electron chi connectivity index (χ2n) is 8.93. The van der Waals surface area contributed by atoms with E-state index in [1.165, 1.54) is 5.56 Å². The highest BCUT2D eigenvalue weighted by molar-refractivity contribution is 6.07. The largest absolute Gasteiger partial charge is 0.379 e. The molecule has 1 amide bonds. The minimum atomic E-state index is -0.352. The second-order valence-corrected chi connectivity index (χ2v) is 8.93. The predicted molar refractivity (Wildman–Crippen MR) is 144 cm³/mol. The van der Waals surface area contributed by atoms with Gasteiger partial charge in [-0.25, -0.2) is 0 Å². The van der Waals surface area contributed by atoms with Crippen molar-refractivity contribution in [1.82, 2.24) is 4.90 Å². The summed E-state index contributed by atoms with van der Waals surface area (Å²) < 4.78 is 0. The average Bonchev–Trinajstić information content (AvgIpc) is 2.93. The number of nitro benzene ring substituents is 1. The molecule has 5 rings (SSSR count). The van der Waals surface area contributed by atoms with E-state index in [4.69, 9.17) is 0 Å². The zero-order valence-electron chi connectivity index (χ0n) is 20.0. The van der Waals surface area contributed by atoms with E-state index in [0.29, 0.717) is 38.4 Å². The molecule has 0 bridgehead atoms. The van der Waals surface area contributed by atoms with Gasteiger partial charge >= 0.3 is 0 Å². The number of anilines is 2. The van der Waals surface area contributed by atoms with E-state index in [1.54, 1.807) is 12.1 Å². The number of benzene rings is 4. The van der Waals surface area contributed by atoms with Gasteiger partial charge in [-0.05, 0) is 41.0 Å². The first-order valence-corrected chi connectivity index (χ1v) is 12.2. The van der Waals surface area contributed by atoms with E-state index >= 15 is 0 Å². The fourth-order valence-corrected chi connectivity index (χ4v) is 4.76. The van der Waals surface area contributed by atoms with Gasteiger partial charge in [0, 0.05) is 50.0 Å². The molecule has 0 aliphatic carbocycles.